The molecule has 1 unspecified atom stereocenters. The van der Waals surface area contributed by atoms with E-state index in [9.17, 15) is 0 Å². The predicted octanol–water partition coefficient (Wildman–Crippen LogP) is 2.62. The van der Waals surface area contributed by atoms with E-state index in [0.29, 0.717) is 6.10 Å². The summed E-state index contributed by atoms with van der Waals surface area (Å²) in [6.07, 6.45) is 0.350. The summed E-state index contributed by atoms with van der Waals surface area (Å²) in [5.74, 6) is 0. The van der Waals surface area contributed by atoms with Gasteiger partial charge in [0.05, 0.1) is 0 Å². The van der Waals surface area contributed by atoms with E-state index in [1.54, 1.807) is 0 Å². The average Bonchev–Trinajstić information content (AvgIpc) is 1.94. The summed E-state index contributed by atoms with van der Waals surface area (Å²) in [4.78, 5) is 0. The second kappa shape index (κ2) is 3.12. The molecule has 1 heterocycles. The Morgan fingerprint density at radius 1 is 1.18 bits per heavy atom. The van der Waals surface area contributed by atoms with Crippen LogP contribution < -0.4 is 0 Å². The molecular weight excluding hydrogens is 175 g/mol. The molecule has 1 nitrogen and oxygen atoms in total. The second-order valence-electron chi connectivity index (χ2n) is 4.34. The summed E-state index contributed by atoms with van der Waals surface area (Å²) < 4.78 is 5.46. The maximum absolute atomic E-state index is 5.46. The fourth-order valence-corrected chi connectivity index (χ4v) is 1.12. The number of ether oxygens (including phenoxy) is 1. The van der Waals surface area contributed by atoms with Crippen LogP contribution in [0, 0.1) is 17.4 Å². The molecule has 1 rings (SSSR count). The Balaban J connectivity index is 0.000001000. The minimum absolute atomic E-state index is 0. The van der Waals surface area contributed by atoms with Gasteiger partial charge in [-0.05, 0) is 12.3 Å². The topological polar surface area (TPSA) is 9.23 Å². The van der Waals surface area contributed by atoms with Gasteiger partial charge < -0.3 is 4.74 Å². The zero-order chi connectivity index (χ0) is 7.99. The van der Waals surface area contributed by atoms with E-state index >= 15 is 0 Å². The van der Waals surface area contributed by atoms with Crippen LogP contribution in [-0.2, 0) is 23.3 Å². The van der Waals surface area contributed by atoms with E-state index in [2.05, 4.69) is 34.6 Å². The van der Waals surface area contributed by atoms with Gasteiger partial charge in [-0.15, -0.1) is 5.41 Å². The first-order chi connectivity index (χ1) is 4.38. The second-order valence-corrected chi connectivity index (χ2v) is 4.34. The Morgan fingerprint density at radius 3 is 1.73 bits per heavy atom. The monoisotopic (exact) mass is 192 g/mol. The maximum atomic E-state index is 5.46. The summed E-state index contributed by atoms with van der Waals surface area (Å²) >= 11 is 0. The van der Waals surface area contributed by atoms with Crippen LogP contribution in [0.3, 0.4) is 0 Å². The molecule has 1 fully saturated rings. The molecule has 0 bridgehead atoms. The molecule has 0 aromatic heterocycles. The average molecular weight is 192 g/mol. The van der Waals surface area contributed by atoms with Crippen molar-refractivity contribution in [3.8, 4) is 0 Å². The Bertz CT molecular complexity index is 140. The molecule has 11 heavy (non-hydrogen) atoms. The van der Waals surface area contributed by atoms with Crippen molar-refractivity contribution in [1.29, 1.82) is 0 Å². The van der Waals surface area contributed by atoms with E-state index in [1.165, 1.54) is 0 Å². The first-order valence-corrected chi connectivity index (χ1v) is 3.88. The molecule has 1 atom stereocenters. The molecule has 1 aliphatic rings. The predicted molar refractivity (Wildman–Crippen MR) is 42.4 cm³/mol. The van der Waals surface area contributed by atoms with Crippen LogP contribution in [0.1, 0.15) is 34.6 Å². The summed E-state index contributed by atoms with van der Waals surface area (Å²) in [7, 11) is 0. The van der Waals surface area contributed by atoms with Crippen molar-refractivity contribution in [1.82, 2.24) is 0 Å². The Labute approximate surface area is 81.8 Å². The minimum atomic E-state index is 0. The molecule has 1 saturated heterocycles. The third-order valence-corrected chi connectivity index (χ3v) is 3.24. The number of rotatable bonds is 0. The first-order valence-electron chi connectivity index (χ1n) is 3.88. The Kier molecular flexibility index (Phi) is 3.28. The van der Waals surface area contributed by atoms with Gasteiger partial charge in [0.25, 0.3) is 0 Å². The van der Waals surface area contributed by atoms with Crippen molar-refractivity contribution in [2.75, 3.05) is 0 Å². The SMILES string of the molecule is CC1O[CH-]C(C)(C)C1(C)C.[V+2]. The first kappa shape index (κ1) is 11.5. The van der Waals surface area contributed by atoms with E-state index in [0.717, 1.165) is 0 Å². The number of hydrogen-bond acceptors (Lipinski definition) is 1. The molecule has 2 heteroatoms. The van der Waals surface area contributed by atoms with Crippen molar-refractivity contribution >= 4 is 0 Å². The normalized spacial score (nSPS) is 33.0. The molecule has 0 aromatic rings. The Hall–Kier alpha value is 0.544. The van der Waals surface area contributed by atoms with Crippen molar-refractivity contribution in [3.63, 3.8) is 0 Å². The molecular formula is C9H17OV+. The molecule has 0 saturated carbocycles. The Morgan fingerprint density at radius 2 is 1.64 bits per heavy atom. The molecule has 1 radical (unpaired) electrons. The summed E-state index contributed by atoms with van der Waals surface area (Å²) in [6, 6.07) is 0. The zero-order valence-corrected chi connectivity index (χ0v) is 9.41. The van der Waals surface area contributed by atoms with Crippen molar-refractivity contribution in [2.45, 2.75) is 40.7 Å². The van der Waals surface area contributed by atoms with Crippen molar-refractivity contribution < 1.29 is 23.3 Å². The molecule has 0 spiro atoms. The van der Waals surface area contributed by atoms with Crippen molar-refractivity contribution in [3.05, 3.63) is 6.61 Å². The van der Waals surface area contributed by atoms with Gasteiger partial charge in [-0.2, -0.15) is 0 Å². The maximum Gasteiger partial charge on any atom is 2.00 e. The van der Waals surface area contributed by atoms with Gasteiger partial charge in [-0.1, -0.05) is 27.7 Å². The minimum Gasteiger partial charge on any atom is -0.549 e. The standard InChI is InChI=1S/C9H17O.V/c1-7-9(4,5)8(2,3)6-10-7;/h6-7H,1-5H3;/q-1;+2. The van der Waals surface area contributed by atoms with Gasteiger partial charge in [-0.25, -0.2) is 6.61 Å². The van der Waals surface area contributed by atoms with Crippen LogP contribution in [0.2, 0.25) is 0 Å². The summed E-state index contributed by atoms with van der Waals surface area (Å²) in [5, 5.41) is 0. The largest absolute Gasteiger partial charge is 2.00 e. The van der Waals surface area contributed by atoms with Gasteiger partial charge in [-0.3, -0.25) is 0 Å². The smallest absolute Gasteiger partial charge is 0.549 e. The quantitative estimate of drug-likeness (QED) is 0.536. The summed E-state index contributed by atoms with van der Waals surface area (Å²) in [5.41, 5.74) is 0.486. The van der Waals surface area contributed by atoms with Crippen LogP contribution in [0.5, 0.6) is 0 Å². The van der Waals surface area contributed by atoms with E-state index < -0.39 is 0 Å². The molecule has 0 N–H and O–H groups in total. The van der Waals surface area contributed by atoms with Gasteiger partial charge in [0.1, 0.15) is 0 Å². The fraction of sp³-hybridized carbons (Fsp3) is 0.889. The van der Waals surface area contributed by atoms with E-state index in [1.807, 2.05) is 6.61 Å². The van der Waals surface area contributed by atoms with E-state index in [4.69, 9.17) is 4.74 Å². The van der Waals surface area contributed by atoms with Crippen molar-refractivity contribution in [2.24, 2.45) is 10.8 Å². The molecule has 0 amide bonds. The molecule has 0 aromatic carbocycles. The zero-order valence-electron chi connectivity index (χ0n) is 8.01. The van der Waals surface area contributed by atoms with Crippen LogP contribution in [0.25, 0.3) is 0 Å². The molecule has 0 aliphatic carbocycles. The van der Waals surface area contributed by atoms with E-state index in [-0.39, 0.29) is 29.4 Å². The molecule has 1 aliphatic heterocycles. The van der Waals surface area contributed by atoms with Gasteiger partial charge in [0.15, 0.2) is 0 Å². The van der Waals surface area contributed by atoms with Crippen LogP contribution in [0.4, 0.5) is 0 Å². The fourth-order valence-electron chi connectivity index (χ4n) is 1.12. The van der Waals surface area contributed by atoms with Gasteiger partial charge in [0, 0.05) is 6.10 Å². The third kappa shape index (κ3) is 1.66. The summed E-state index contributed by atoms with van der Waals surface area (Å²) in [6.45, 7) is 13.0. The molecule has 63 valence electrons. The van der Waals surface area contributed by atoms with Gasteiger partial charge in [0.2, 0.25) is 0 Å². The number of hydrogen-bond donors (Lipinski definition) is 0. The van der Waals surface area contributed by atoms with Crippen LogP contribution >= 0.6 is 0 Å². The van der Waals surface area contributed by atoms with Crippen LogP contribution in [-0.4, -0.2) is 6.10 Å². The van der Waals surface area contributed by atoms with Crippen LogP contribution in [0.15, 0.2) is 0 Å². The van der Waals surface area contributed by atoms with Gasteiger partial charge >= 0.3 is 18.6 Å². The third-order valence-electron chi connectivity index (χ3n) is 3.24.